The lowest BCUT2D eigenvalue weighted by molar-refractivity contribution is -0.148. The van der Waals surface area contributed by atoms with Crippen molar-refractivity contribution < 1.29 is 14.6 Å². The zero-order valence-electron chi connectivity index (χ0n) is 9.56. The summed E-state index contributed by atoms with van der Waals surface area (Å²) in [5.74, 6) is -0.268. The smallest absolute Gasteiger partial charge is 0.326 e. The quantitative estimate of drug-likeness (QED) is 0.753. The molecule has 3 N–H and O–H groups in total. The third kappa shape index (κ3) is 3.24. The minimum atomic E-state index is -1.07. The molecule has 88 valence electrons. The topological polar surface area (TPSA) is 72.5 Å². The van der Waals surface area contributed by atoms with E-state index in [1.54, 1.807) is 32.0 Å². The van der Waals surface area contributed by atoms with Crippen molar-refractivity contribution in [2.24, 2.45) is 5.73 Å². The lowest BCUT2D eigenvalue weighted by Gasteiger charge is -2.22. The van der Waals surface area contributed by atoms with Crippen LogP contribution in [0.5, 0.6) is 5.75 Å². The fraction of sp³-hybridized carbons (Fsp3) is 0.417. The first-order valence-corrected chi connectivity index (χ1v) is 5.19. The number of hydrogen-bond donors (Lipinski definition) is 2. The molecule has 4 nitrogen and oxygen atoms in total. The molecule has 4 heteroatoms. The van der Waals surface area contributed by atoms with Crippen LogP contribution in [-0.4, -0.2) is 23.2 Å². The first-order chi connectivity index (χ1) is 7.45. The maximum absolute atomic E-state index is 11.5. The summed E-state index contributed by atoms with van der Waals surface area (Å²) < 4.78 is 4.88. The Bertz CT molecular complexity index is 374. The molecule has 0 aliphatic heterocycles. The molecule has 0 saturated carbocycles. The van der Waals surface area contributed by atoms with Gasteiger partial charge in [-0.2, -0.15) is 0 Å². The average molecular weight is 223 g/mol. The number of aromatic hydroxyl groups is 1. The van der Waals surface area contributed by atoms with Gasteiger partial charge >= 0.3 is 5.97 Å². The van der Waals surface area contributed by atoms with Crippen molar-refractivity contribution in [1.29, 1.82) is 0 Å². The van der Waals surface area contributed by atoms with Crippen molar-refractivity contribution in [3.63, 3.8) is 0 Å². The number of phenols is 1. The van der Waals surface area contributed by atoms with E-state index in [1.807, 2.05) is 6.07 Å². The van der Waals surface area contributed by atoms with E-state index in [9.17, 15) is 9.90 Å². The number of benzene rings is 1. The lowest BCUT2D eigenvalue weighted by atomic mass is 9.94. The van der Waals surface area contributed by atoms with E-state index < -0.39 is 11.5 Å². The van der Waals surface area contributed by atoms with Gasteiger partial charge in [-0.15, -0.1) is 0 Å². The number of nitrogens with two attached hydrogens (primary N) is 1. The molecule has 1 atom stereocenters. The molecule has 0 saturated heterocycles. The second-order valence-corrected chi connectivity index (χ2v) is 3.98. The SMILES string of the molecule is CCOC(=O)[C@@](C)(N)Cc1cccc(O)c1. The molecule has 0 spiro atoms. The minimum Gasteiger partial charge on any atom is -0.508 e. The summed E-state index contributed by atoms with van der Waals surface area (Å²) in [7, 11) is 0. The highest BCUT2D eigenvalue weighted by molar-refractivity contribution is 5.80. The number of ether oxygens (including phenoxy) is 1. The highest BCUT2D eigenvalue weighted by Gasteiger charge is 2.30. The largest absolute Gasteiger partial charge is 0.508 e. The van der Waals surface area contributed by atoms with Crippen molar-refractivity contribution in [2.75, 3.05) is 6.61 Å². The van der Waals surface area contributed by atoms with Crippen molar-refractivity contribution in [3.8, 4) is 5.75 Å². The Morgan fingerprint density at radius 1 is 1.56 bits per heavy atom. The van der Waals surface area contributed by atoms with E-state index in [1.165, 1.54) is 0 Å². The van der Waals surface area contributed by atoms with Crippen molar-refractivity contribution in [3.05, 3.63) is 29.8 Å². The van der Waals surface area contributed by atoms with Crippen LogP contribution in [-0.2, 0) is 16.0 Å². The van der Waals surface area contributed by atoms with Crippen molar-refractivity contribution in [2.45, 2.75) is 25.8 Å². The van der Waals surface area contributed by atoms with Crippen LogP contribution < -0.4 is 5.73 Å². The van der Waals surface area contributed by atoms with E-state index >= 15 is 0 Å². The van der Waals surface area contributed by atoms with Crippen LogP contribution >= 0.6 is 0 Å². The van der Waals surface area contributed by atoms with Gasteiger partial charge in [-0.25, -0.2) is 0 Å². The molecule has 0 aliphatic rings. The van der Waals surface area contributed by atoms with Crippen LogP contribution in [0.15, 0.2) is 24.3 Å². The third-order valence-corrected chi connectivity index (χ3v) is 2.22. The van der Waals surface area contributed by atoms with Gasteiger partial charge in [0.1, 0.15) is 11.3 Å². The van der Waals surface area contributed by atoms with E-state index in [4.69, 9.17) is 10.5 Å². The summed E-state index contributed by atoms with van der Waals surface area (Å²) in [6.45, 7) is 3.67. The normalized spacial score (nSPS) is 14.2. The van der Waals surface area contributed by atoms with E-state index in [0.29, 0.717) is 13.0 Å². The maximum Gasteiger partial charge on any atom is 0.326 e. The molecular weight excluding hydrogens is 206 g/mol. The third-order valence-electron chi connectivity index (χ3n) is 2.22. The Morgan fingerprint density at radius 2 is 2.25 bits per heavy atom. The molecule has 1 aromatic carbocycles. The fourth-order valence-corrected chi connectivity index (χ4v) is 1.46. The Hall–Kier alpha value is -1.55. The van der Waals surface area contributed by atoms with Gasteiger partial charge < -0.3 is 15.6 Å². The monoisotopic (exact) mass is 223 g/mol. The van der Waals surface area contributed by atoms with Crippen LogP contribution in [0, 0.1) is 0 Å². The molecule has 1 rings (SSSR count). The number of esters is 1. The van der Waals surface area contributed by atoms with Gasteiger partial charge in [0.15, 0.2) is 0 Å². The summed E-state index contributed by atoms with van der Waals surface area (Å²) >= 11 is 0. The van der Waals surface area contributed by atoms with Crippen molar-refractivity contribution >= 4 is 5.97 Å². The molecule has 0 bridgehead atoms. The van der Waals surface area contributed by atoms with Gasteiger partial charge in [0.2, 0.25) is 0 Å². The number of rotatable bonds is 4. The predicted octanol–water partition coefficient (Wildman–Crippen LogP) is 1.22. The summed E-state index contributed by atoms with van der Waals surface area (Å²) in [5, 5.41) is 9.29. The van der Waals surface area contributed by atoms with Gasteiger partial charge in [0, 0.05) is 6.42 Å². The zero-order valence-corrected chi connectivity index (χ0v) is 9.56. The summed E-state index contributed by atoms with van der Waals surface area (Å²) in [6.07, 6.45) is 0.334. The van der Waals surface area contributed by atoms with E-state index in [0.717, 1.165) is 5.56 Å². The average Bonchev–Trinajstić information content (AvgIpc) is 2.17. The predicted molar refractivity (Wildman–Crippen MR) is 61.0 cm³/mol. The molecule has 0 fully saturated rings. The number of hydrogen-bond acceptors (Lipinski definition) is 4. The van der Waals surface area contributed by atoms with Gasteiger partial charge in [-0.3, -0.25) is 4.79 Å². The molecule has 1 aromatic rings. The molecule has 0 unspecified atom stereocenters. The second kappa shape index (κ2) is 4.99. The molecular formula is C12H17NO3. The number of phenolic OH excluding ortho intramolecular Hbond substituents is 1. The van der Waals surface area contributed by atoms with Crippen LogP contribution in [0.4, 0.5) is 0 Å². The van der Waals surface area contributed by atoms with Crippen LogP contribution in [0.25, 0.3) is 0 Å². The van der Waals surface area contributed by atoms with Gasteiger partial charge in [-0.1, -0.05) is 12.1 Å². The standard InChI is InChI=1S/C12H17NO3/c1-3-16-11(15)12(2,13)8-9-5-4-6-10(14)7-9/h4-7,14H,3,8,13H2,1-2H3/t12-/m0/s1. The zero-order chi connectivity index (χ0) is 12.2. The van der Waals surface area contributed by atoms with Gasteiger partial charge in [-0.05, 0) is 31.5 Å². The minimum absolute atomic E-state index is 0.164. The van der Waals surface area contributed by atoms with Crippen molar-refractivity contribution in [1.82, 2.24) is 0 Å². The van der Waals surface area contributed by atoms with E-state index in [2.05, 4.69) is 0 Å². The molecule has 0 heterocycles. The second-order valence-electron chi connectivity index (χ2n) is 3.98. The first kappa shape index (κ1) is 12.5. The summed E-state index contributed by atoms with van der Waals surface area (Å²) in [6, 6.07) is 6.68. The lowest BCUT2D eigenvalue weighted by Crippen LogP contribution is -2.48. The maximum atomic E-state index is 11.5. The Labute approximate surface area is 95.0 Å². The van der Waals surface area contributed by atoms with Crippen LogP contribution in [0.3, 0.4) is 0 Å². The highest BCUT2D eigenvalue weighted by atomic mass is 16.5. The summed E-state index contributed by atoms with van der Waals surface area (Å²) in [4.78, 5) is 11.5. The molecule has 0 aliphatic carbocycles. The van der Waals surface area contributed by atoms with E-state index in [-0.39, 0.29) is 5.75 Å². The van der Waals surface area contributed by atoms with Crippen LogP contribution in [0.2, 0.25) is 0 Å². The van der Waals surface area contributed by atoms with Gasteiger partial charge in [0.05, 0.1) is 6.61 Å². The molecule has 16 heavy (non-hydrogen) atoms. The Balaban J connectivity index is 2.75. The number of carbonyl (C=O) groups is 1. The van der Waals surface area contributed by atoms with Crippen LogP contribution in [0.1, 0.15) is 19.4 Å². The highest BCUT2D eigenvalue weighted by Crippen LogP contribution is 2.16. The Kier molecular flexibility index (Phi) is 3.90. The molecule has 0 amide bonds. The summed E-state index contributed by atoms with van der Waals surface area (Å²) in [5.41, 5.74) is 5.61. The molecule has 0 radical (unpaired) electrons. The molecule has 0 aromatic heterocycles. The Morgan fingerprint density at radius 3 is 2.81 bits per heavy atom. The first-order valence-electron chi connectivity index (χ1n) is 5.19. The fourth-order valence-electron chi connectivity index (χ4n) is 1.46. The number of carbonyl (C=O) groups excluding carboxylic acids is 1. The van der Waals surface area contributed by atoms with Gasteiger partial charge in [0.25, 0.3) is 0 Å².